The molecule has 2 heterocycles. The molecule has 0 fully saturated rings. The van der Waals surface area contributed by atoms with E-state index in [-0.39, 0.29) is 0 Å². The minimum absolute atomic E-state index is 1.05. The third kappa shape index (κ3) is 23.0. The molecule has 14 heteroatoms. The minimum atomic E-state index is -4.94. The van der Waals surface area contributed by atoms with Crippen LogP contribution in [0.25, 0.3) is 24.3 Å². The Balaban J connectivity index is 0.000000858. The predicted molar refractivity (Wildman–Crippen MR) is 185 cm³/mol. The van der Waals surface area contributed by atoms with Crippen LogP contribution in [0.15, 0.2) is 122 Å². The van der Waals surface area contributed by atoms with Gasteiger partial charge in [-0.3, -0.25) is 0 Å². The molecular weight excluding hydrogens is 723 g/mol. The molecule has 0 atom stereocenters. The number of pyridine rings is 2. The summed E-state index contributed by atoms with van der Waals surface area (Å²) >= 11 is 0. The fraction of sp³-hybridized carbons (Fsp3) is 0.231. The minimum Gasteiger partial charge on any atom is -0.378 e. The highest BCUT2D eigenvalue weighted by molar-refractivity contribution is 5.60. The third-order valence-corrected chi connectivity index (χ3v) is 7.36. The maximum Gasteiger partial charge on any atom is 0.169 e. The van der Waals surface area contributed by atoms with Crippen LogP contribution in [0.5, 0.6) is 0 Å². The van der Waals surface area contributed by atoms with Crippen LogP contribution in [0.3, 0.4) is 0 Å². The van der Waals surface area contributed by atoms with Crippen molar-refractivity contribution < 1.29 is 66.9 Å². The number of unbranched alkanes of at least 4 members (excludes halogenated alkanes) is 2. The van der Waals surface area contributed by atoms with Gasteiger partial charge in [0.1, 0.15) is 13.1 Å². The van der Waals surface area contributed by atoms with Crippen molar-refractivity contribution >= 4 is 35.7 Å². The van der Waals surface area contributed by atoms with Gasteiger partial charge in [0, 0.05) is 76.7 Å². The van der Waals surface area contributed by atoms with Crippen LogP contribution in [0.4, 0.5) is 11.4 Å². The smallest absolute Gasteiger partial charge is 0.169 e. The molecule has 0 unspecified atom stereocenters. The van der Waals surface area contributed by atoms with E-state index in [0.717, 1.165) is 13.1 Å². The van der Waals surface area contributed by atoms with E-state index in [9.17, 15) is 0 Å². The maximum absolute atomic E-state index is 8.49. The third-order valence-electron chi connectivity index (χ3n) is 7.36. The Labute approximate surface area is 316 Å². The lowest BCUT2D eigenvalue weighted by Gasteiger charge is -2.17. The molecule has 12 nitrogen and oxygen atoms in total. The van der Waals surface area contributed by atoms with Gasteiger partial charge in [0.15, 0.2) is 24.8 Å². The second-order valence-electron chi connectivity index (χ2n) is 12.0. The number of benzene rings is 2. The van der Waals surface area contributed by atoms with Crippen LogP contribution in [0, 0.1) is 20.5 Å². The molecule has 2 aromatic heterocycles. The Morgan fingerprint density at radius 2 is 0.660 bits per heavy atom. The first kappa shape index (κ1) is 44.7. The molecule has 0 aliphatic carbocycles. The Bertz CT molecular complexity index is 1580. The maximum atomic E-state index is 8.49. The fourth-order valence-electron chi connectivity index (χ4n) is 4.66. The number of hydrogen-bond donors (Lipinski definition) is 0. The Kier molecular flexibility index (Phi) is 19.6. The number of nitrogens with zero attached hydrogens (tertiary/aromatic N) is 4. The van der Waals surface area contributed by atoms with Gasteiger partial charge in [-0.05, 0) is 52.9 Å². The van der Waals surface area contributed by atoms with E-state index >= 15 is 0 Å². The lowest BCUT2D eigenvalue weighted by molar-refractivity contribution is -2.00. The van der Waals surface area contributed by atoms with E-state index in [0.29, 0.717) is 0 Å². The zero-order chi connectivity index (χ0) is 39.3. The van der Waals surface area contributed by atoms with Crippen LogP contribution in [0.1, 0.15) is 41.5 Å². The van der Waals surface area contributed by atoms with E-state index in [2.05, 4.69) is 193 Å². The summed E-state index contributed by atoms with van der Waals surface area (Å²) in [5.74, 6) is 0. The number of rotatable bonds is 14. The van der Waals surface area contributed by atoms with E-state index in [1.54, 1.807) is 0 Å². The molecule has 0 saturated carbocycles. The first-order valence-electron chi connectivity index (χ1n) is 16.4. The van der Waals surface area contributed by atoms with Gasteiger partial charge in [-0.2, -0.15) is 0 Å². The number of halogens is 2. The van der Waals surface area contributed by atoms with Crippen molar-refractivity contribution in [3.8, 4) is 0 Å². The van der Waals surface area contributed by atoms with Gasteiger partial charge in [-0.15, -0.1) is 20.5 Å². The summed E-state index contributed by atoms with van der Waals surface area (Å²) in [6, 6.07) is 25.9. The highest BCUT2D eigenvalue weighted by Gasteiger charge is 2.03. The van der Waals surface area contributed by atoms with E-state index < -0.39 is 20.5 Å². The summed E-state index contributed by atoms with van der Waals surface area (Å²) < 4.78 is 72.5. The van der Waals surface area contributed by atoms with Crippen LogP contribution < -0.4 is 56.2 Å². The average Bonchev–Trinajstić information content (AvgIpc) is 3.08. The number of aromatic nitrogens is 2. The van der Waals surface area contributed by atoms with Gasteiger partial charge < -0.3 is 9.80 Å². The zero-order valence-electron chi connectivity index (χ0n) is 30.2. The predicted octanol–water partition coefficient (Wildman–Crippen LogP) is -1.79. The molecule has 0 radical (unpaired) electrons. The second kappa shape index (κ2) is 23.3. The molecule has 4 aromatic rings. The summed E-state index contributed by atoms with van der Waals surface area (Å²) in [4.78, 5) is 4.22. The van der Waals surface area contributed by atoms with Crippen LogP contribution in [-0.2, 0) is 13.1 Å². The zero-order valence-corrected chi connectivity index (χ0v) is 31.7. The van der Waals surface area contributed by atoms with Crippen LogP contribution in [-0.4, -0.2) is 28.2 Å². The first-order valence-corrected chi connectivity index (χ1v) is 18.9. The molecule has 0 amide bonds. The van der Waals surface area contributed by atoms with Crippen LogP contribution in [0.2, 0.25) is 0 Å². The molecule has 0 N–H and O–H groups in total. The van der Waals surface area contributed by atoms with E-state index in [4.69, 9.17) is 37.3 Å². The molecule has 0 aliphatic heterocycles. The van der Waals surface area contributed by atoms with Gasteiger partial charge in [-0.1, -0.05) is 72.9 Å². The number of hydrogen-bond acceptors (Lipinski definition) is 10. The first-order chi connectivity index (χ1) is 25.0. The molecule has 0 spiro atoms. The largest absolute Gasteiger partial charge is 0.378 e. The molecule has 4 rings (SSSR count). The van der Waals surface area contributed by atoms with Gasteiger partial charge in [0.2, 0.25) is 0 Å². The fourth-order valence-corrected chi connectivity index (χ4v) is 4.66. The van der Waals surface area contributed by atoms with Gasteiger partial charge >= 0.3 is 0 Å². The van der Waals surface area contributed by atoms with Gasteiger partial charge in [-0.25, -0.2) is 46.4 Å². The summed E-state index contributed by atoms with van der Waals surface area (Å²) in [6.45, 7) is 2.10. The van der Waals surface area contributed by atoms with Gasteiger partial charge in [0.05, 0.1) is 0 Å². The second-order valence-corrected chi connectivity index (χ2v) is 13.5. The quantitative estimate of drug-likeness (QED) is 0.0802. The number of anilines is 2. The van der Waals surface area contributed by atoms with Crippen molar-refractivity contribution in [2.24, 2.45) is 0 Å². The Morgan fingerprint density at radius 3 is 0.906 bits per heavy atom. The molecule has 0 aliphatic rings. The molecule has 0 bridgehead atoms. The molecule has 2 aromatic carbocycles. The Hall–Kier alpha value is -4.44. The summed E-state index contributed by atoms with van der Waals surface area (Å²) in [5.41, 5.74) is 7.26. The SMILES string of the molecule is CN(C)c1ccc(/C=C/C=C/c2cc[n+](CCCCC[n+]3ccc(/C=C/C=C/c4ccc(N(C)C)cc4)cc3)cc2)cc1.[O-][Cl+3]([O-])([O-])[O-].[O-][Cl+3]([O-])([O-])[O-]. The monoisotopic (exact) mass is 768 g/mol. The lowest BCUT2D eigenvalue weighted by Crippen LogP contribution is -2.68. The van der Waals surface area contributed by atoms with E-state index in [1.165, 1.54) is 52.9 Å². The van der Waals surface area contributed by atoms with Crippen molar-refractivity contribution in [3.63, 3.8) is 0 Å². The van der Waals surface area contributed by atoms with Crippen LogP contribution >= 0.6 is 0 Å². The molecular formula is C39H46Cl2N4O8. The normalized spacial score (nSPS) is 11.8. The standard InChI is InChI=1S/C39H46N4.2ClHO4/c1-40(2)38-20-16-34(17-21-38)12-6-8-14-36-24-30-42(31-25-36)28-10-5-11-29-43-32-26-37(27-33-43)15-9-7-13-35-18-22-39(23-19-35)41(3)4;2*2-1(3,4)5/h6-9,12-27,30-33H,5,10-11,28-29H2,1-4H3;2*(H,2,3,4,5)/q+2;;/p-2. The number of aryl methyl sites for hydroxylation is 2. The van der Waals surface area contributed by atoms with Crippen molar-refractivity contribution in [1.82, 2.24) is 0 Å². The van der Waals surface area contributed by atoms with Crippen molar-refractivity contribution in [1.29, 1.82) is 0 Å². The summed E-state index contributed by atoms with van der Waals surface area (Å²) in [6.07, 6.45) is 29.3. The van der Waals surface area contributed by atoms with Crippen molar-refractivity contribution in [3.05, 3.63) is 144 Å². The number of allylic oxidation sites excluding steroid dienone is 4. The Morgan fingerprint density at radius 1 is 0.415 bits per heavy atom. The average molecular weight is 770 g/mol. The molecule has 0 saturated heterocycles. The molecule has 53 heavy (non-hydrogen) atoms. The van der Waals surface area contributed by atoms with Gasteiger partial charge in [0.25, 0.3) is 0 Å². The lowest BCUT2D eigenvalue weighted by atomic mass is 10.1. The highest BCUT2D eigenvalue weighted by atomic mass is 35.7. The van der Waals surface area contributed by atoms with Crippen molar-refractivity contribution in [2.75, 3.05) is 38.0 Å². The summed E-state index contributed by atoms with van der Waals surface area (Å²) in [5, 5.41) is 0. The highest BCUT2D eigenvalue weighted by Crippen LogP contribution is 2.14. The molecule has 284 valence electrons. The topological polar surface area (TPSA) is 199 Å². The van der Waals surface area contributed by atoms with E-state index in [1.807, 2.05) is 0 Å². The summed E-state index contributed by atoms with van der Waals surface area (Å²) in [7, 11) is -1.65. The van der Waals surface area contributed by atoms with Crippen molar-refractivity contribution in [2.45, 2.75) is 32.4 Å².